The number of carbonyl (C=O) groups excluding carboxylic acids is 6. The van der Waals surface area contributed by atoms with Gasteiger partial charge in [0.05, 0.1) is 115 Å². The first-order valence-corrected chi connectivity index (χ1v) is 26.6. The zero-order valence-corrected chi connectivity index (χ0v) is 48.8. The Morgan fingerprint density at radius 2 is 0.482 bits per heavy atom. The SMILES string of the molecule is COc1ccc(C(=O)OCC(C)(COCC(C)(COCC(C)(COCC(C)(COC(=O)c2ccc(CO)cc2)OC(=O)c2ccc(OC)cc2)OC(=O)c2ccc(OC)cc2)OC(=O)c2ccc(OC)cc2)OC(=O)c2ccc(OC)cc2)cc1. The minimum Gasteiger partial charge on any atom is -0.497 e. The summed E-state index contributed by atoms with van der Waals surface area (Å²) >= 11 is 0. The molecule has 4 unspecified atom stereocenters. The van der Waals surface area contributed by atoms with Crippen molar-refractivity contribution in [2.45, 2.75) is 56.7 Å². The van der Waals surface area contributed by atoms with Crippen LogP contribution in [0.1, 0.15) is 95.4 Å². The number of methoxy groups -OCH3 is 5. The molecular weight excluding hydrogens is 1100 g/mol. The number of benzene rings is 6. The van der Waals surface area contributed by atoms with Crippen molar-refractivity contribution in [3.8, 4) is 28.7 Å². The molecule has 0 radical (unpaired) electrons. The molecule has 0 bridgehead atoms. The monoisotopic (exact) mass is 1170 g/mol. The molecule has 0 spiro atoms. The summed E-state index contributed by atoms with van der Waals surface area (Å²) in [6.07, 6.45) is 0. The molecule has 6 aromatic carbocycles. The molecule has 0 aliphatic carbocycles. The molecule has 0 aliphatic rings. The van der Waals surface area contributed by atoms with Gasteiger partial charge in [-0.25, -0.2) is 28.8 Å². The van der Waals surface area contributed by atoms with Gasteiger partial charge in [-0.3, -0.25) is 0 Å². The van der Waals surface area contributed by atoms with E-state index in [9.17, 15) is 33.9 Å². The van der Waals surface area contributed by atoms with Gasteiger partial charge in [0, 0.05) is 0 Å². The van der Waals surface area contributed by atoms with Crippen molar-refractivity contribution < 1.29 is 100 Å². The van der Waals surface area contributed by atoms with Gasteiger partial charge in [-0.1, -0.05) is 12.1 Å². The highest BCUT2D eigenvalue weighted by atomic mass is 16.6. The van der Waals surface area contributed by atoms with Crippen LogP contribution in [-0.2, 0) is 49.2 Å². The van der Waals surface area contributed by atoms with E-state index in [2.05, 4.69) is 0 Å². The Morgan fingerprint density at radius 1 is 0.294 bits per heavy atom. The molecule has 6 aromatic rings. The number of carbonyl (C=O) groups is 6. The van der Waals surface area contributed by atoms with Crippen LogP contribution in [-0.4, -0.2) is 152 Å². The van der Waals surface area contributed by atoms with E-state index < -0.39 is 111 Å². The minimum absolute atomic E-state index is 0.140. The number of rotatable bonds is 32. The van der Waals surface area contributed by atoms with Crippen molar-refractivity contribution in [3.63, 3.8) is 0 Å². The number of hydrogen-bond acceptors (Lipinski definition) is 21. The molecule has 21 nitrogen and oxygen atoms in total. The molecule has 4 atom stereocenters. The minimum atomic E-state index is -1.67. The highest BCUT2D eigenvalue weighted by Crippen LogP contribution is 2.27. The number of aliphatic hydroxyl groups is 1. The van der Waals surface area contributed by atoms with Crippen LogP contribution in [0.3, 0.4) is 0 Å². The van der Waals surface area contributed by atoms with Gasteiger partial charge >= 0.3 is 35.8 Å². The van der Waals surface area contributed by atoms with Gasteiger partial charge in [0.2, 0.25) is 0 Å². The lowest BCUT2D eigenvalue weighted by Crippen LogP contribution is -2.48. The third kappa shape index (κ3) is 19.5. The molecule has 6 rings (SSSR count). The zero-order valence-electron chi connectivity index (χ0n) is 48.8. The average molecular weight is 1180 g/mol. The van der Waals surface area contributed by atoms with E-state index in [4.69, 9.17) is 66.3 Å². The molecule has 0 saturated heterocycles. The predicted octanol–water partition coefficient (Wildman–Crippen LogP) is 8.75. The maximum Gasteiger partial charge on any atom is 0.338 e. The van der Waals surface area contributed by atoms with Crippen LogP contribution >= 0.6 is 0 Å². The van der Waals surface area contributed by atoms with E-state index in [0.717, 1.165) is 0 Å². The Morgan fingerprint density at radius 3 is 0.682 bits per heavy atom. The van der Waals surface area contributed by atoms with Crippen LogP contribution < -0.4 is 23.7 Å². The van der Waals surface area contributed by atoms with E-state index in [-0.39, 0.29) is 40.0 Å². The van der Waals surface area contributed by atoms with Gasteiger partial charge in [-0.05, 0) is 167 Å². The first-order valence-electron chi connectivity index (χ1n) is 26.6. The normalized spacial score (nSPS) is 13.8. The van der Waals surface area contributed by atoms with E-state index >= 15 is 0 Å². The molecule has 0 amide bonds. The predicted molar refractivity (Wildman–Crippen MR) is 306 cm³/mol. The highest BCUT2D eigenvalue weighted by molar-refractivity contribution is 5.92. The van der Waals surface area contributed by atoms with Crippen molar-refractivity contribution >= 4 is 35.8 Å². The summed E-state index contributed by atoms with van der Waals surface area (Å²) in [6.45, 7) is 2.28. The summed E-state index contributed by atoms with van der Waals surface area (Å²) in [6, 6.07) is 36.9. The van der Waals surface area contributed by atoms with E-state index in [1.807, 2.05) is 0 Å². The van der Waals surface area contributed by atoms with Crippen LogP contribution in [0.15, 0.2) is 146 Å². The molecule has 0 aromatic heterocycles. The molecule has 0 saturated carbocycles. The second-order valence-electron chi connectivity index (χ2n) is 20.5. The Kier molecular flexibility index (Phi) is 23.4. The summed E-state index contributed by atoms with van der Waals surface area (Å²) in [5.41, 5.74) is -5.16. The lowest BCUT2D eigenvalue weighted by Gasteiger charge is -2.35. The first kappa shape index (κ1) is 65.1. The van der Waals surface area contributed by atoms with Gasteiger partial charge in [-0.2, -0.15) is 0 Å². The first-order chi connectivity index (χ1) is 40.6. The van der Waals surface area contributed by atoms with Gasteiger partial charge in [-0.15, -0.1) is 0 Å². The van der Waals surface area contributed by atoms with E-state index in [0.29, 0.717) is 34.3 Å². The summed E-state index contributed by atoms with van der Waals surface area (Å²) < 4.78 is 80.8. The standard InChI is InChI=1S/C64H70O21/c1-61(82-57(68)46-16-26-51(73-6)27-17-46,37-78-39-63(3,84-59(70)48-20-30-53(75-8)31-21-48)41-80-55(66)44-12-10-43(34-65)11-13-44)35-77-36-62(2,83-58(69)47-18-28-52(74-7)29-19-47)38-79-40-64(4,85-60(71)49-22-32-54(76-9)33-23-49)42-81-56(67)45-14-24-50(72-5)25-15-45/h10-33,65H,34-42H2,1-9H3. The fourth-order valence-corrected chi connectivity index (χ4v) is 7.97. The van der Waals surface area contributed by atoms with Crippen LogP contribution in [0.25, 0.3) is 0 Å². The zero-order chi connectivity index (χ0) is 61.6. The quantitative estimate of drug-likeness (QED) is 0.0306. The molecule has 452 valence electrons. The molecule has 85 heavy (non-hydrogen) atoms. The second-order valence-corrected chi connectivity index (χ2v) is 20.5. The Balaban J connectivity index is 1.25. The topological polar surface area (TPSA) is 252 Å². The Bertz CT molecular complexity index is 2940. The number of ether oxygens (including phenoxy) is 14. The van der Waals surface area contributed by atoms with Crippen LogP contribution in [0.4, 0.5) is 0 Å². The number of aliphatic hydroxyl groups excluding tert-OH is 1. The van der Waals surface area contributed by atoms with Gasteiger partial charge in [0.25, 0.3) is 0 Å². The molecule has 1 N–H and O–H groups in total. The van der Waals surface area contributed by atoms with Crippen molar-refractivity contribution in [1.82, 2.24) is 0 Å². The Hall–Kier alpha value is -9.02. The van der Waals surface area contributed by atoms with Crippen molar-refractivity contribution in [2.24, 2.45) is 0 Å². The second kappa shape index (κ2) is 30.5. The van der Waals surface area contributed by atoms with Gasteiger partial charge < -0.3 is 71.4 Å². The maximum absolute atomic E-state index is 14.0. The fraction of sp³-hybridized carbons (Fsp3) is 0.344. The lowest BCUT2D eigenvalue weighted by atomic mass is 10.1. The highest BCUT2D eigenvalue weighted by Gasteiger charge is 2.40. The number of hydrogen-bond donors (Lipinski definition) is 1. The van der Waals surface area contributed by atoms with Crippen LogP contribution in [0, 0.1) is 0 Å². The molecule has 21 heteroatoms. The molecular formula is C64H70O21. The molecule has 0 fully saturated rings. The van der Waals surface area contributed by atoms with Crippen molar-refractivity contribution in [1.29, 1.82) is 0 Å². The molecule has 0 aliphatic heterocycles. The Labute approximate surface area is 492 Å². The summed E-state index contributed by atoms with van der Waals surface area (Å²) in [5.74, 6) is -2.17. The summed E-state index contributed by atoms with van der Waals surface area (Å²) in [5, 5.41) is 9.52. The van der Waals surface area contributed by atoms with Crippen LogP contribution in [0.5, 0.6) is 28.7 Å². The van der Waals surface area contributed by atoms with E-state index in [1.165, 1.54) is 136 Å². The summed E-state index contributed by atoms with van der Waals surface area (Å²) in [4.78, 5) is 82.0. The average Bonchev–Trinajstić information content (AvgIpc) is 3.59. The van der Waals surface area contributed by atoms with E-state index in [1.54, 1.807) is 72.8 Å². The summed E-state index contributed by atoms with van der Waals surface area (Å²) in [7, 11) is 7.40. The van der Waals surface area contributed by atoms with Crippen molar-refractivity contribution in [2.75, 3.05) is 88.4 Å². The van der Waals surface area contributed by atoms with Gasteiger partial charge in [0.1, 0.15) is 42.0 Å². The third-order valence-electron chi connectivity index (χ3n) is 12.8. The third-order valence-corrected chi connectivity index (χ3v) is 12.8. The van der Waals surface area contributed by atoms with Crippen molar-refractivity contribution in [3.05, 3.63) is 185 Å². The largest absolute Gasteiger partial charge is 0.497 e. The van der Waals surface area contributed by atoms with Crippen LogP contribution in [0.2, 0.25) is 0 Å². The molecule has 0 heterocycles. The lowest BCUT2D eigenvalue weighted by molar-refractivity contribution is -0.152. The van der Waals surface area contributed by atoms with Gasteiger partial charge in [0.15, 0.2) is 22.4 Å². The fourth-order valence-electron chi connectivity index (χ4n) is 7.97. The maximum atomic E-state index is 14.0. The number of esters is 6. The smallest absolute Gasteiger partial charge is 0.338 e.